The lowest BCUT2D eigenvalue weighted by Crippen LogP contribution is -2.36. The number of fused-ring (bicyclic) bond motifs is 1. The van der Waals surface area contributed by atoms with Crippen LogP contribution < -0.4 is 31.3 Å². The maximum absolute atomic E-state index is 12.8. The van der Waals surface area contributed by atoms with Gasteiger partial charge in [0.25, 0.3) is 5.91 Å². The van der Waals surface area contributed by atoms with Gasteiger partial charge in [0.1, 0.15) is 22.9 Å². The van der Waals surface area contributed by atoms with Crippen molar-refractivity contribution in [3.8, 4) is 11.6 Å². The highest BCUT2D eigenvalue weighted by Gasteiger charge is 2.42. The summed E-state index contributed by atoms with van der Waals surface area (Å²) in [4.78, 5) is 77.7. The van der Waals surface area contributed by atoms with E-state index in [1.54, 1.807) is 51.1 Å². The van der Waals surface area contributed by atoms with E-state index in [0.29, 0.717) is 85.5 Å². The topological polar surface area (TPSA) is 194 Å². The number of pyridine rings is 1. The highest BCUT2D eigenvalue weighted by molar-refractivity contribution is 8.00. The fraction of sp³-hybridized carbons (Fsp3) is 0.622. The van der Waals surface area contributed by atoms with Gasteiger partial charge < -0.3 is 36.1 Å². The van der Waals surface area contributed by atoms with Crippen LogP contribution in [0.3, 0.4) is 0 Å². The standard InChI is InChI=1S/C45H66N6O8S/c1-31-26-32(29-48-44(57)59-45(2,3)4)27-40(49-31)58-36-21-14-16-33(28-36)42(55)47-25-15-20-35(53)18-9-7-13-24-46-39(54)23-10-6-5-8-17-34(52)19-11-12-22-38-41-37(30-60-38)50-43(56)51-41/h14,16,21,26-28,37-38,41H,5-13,15,17-20,22-25,29-30H2,1-4H3,(H,46,54)(H,47,55)(H,48,57)(H2,50,51,56)/t37-,38-,41-/m0/s1. The van der Waals surface area contributed by atoms with Gasteiger partial charge in [-0.3, -0.25) is 19.2 Å². The number of urea groups is 1. The van der Waals surface area contributed by atoms with Crippen molar-refractivity contribution in [2.45, 2.75) is 160 Å². The van der Waals surface area contributed by atoms with Gasteiger partial charge in [-0.25, -0.2) is 14.6 Å². The third-order valence-electron chi connectivity index (χ3n) is 10.3. The number of rotatable bonds is 27. The van der Waals surface area contributed by atoms with Crippen molar-refractivity contribution in [3.63, 3.8) is 0 Å². The summed E-state index contributed by atoms with van der Waals surface area (Å²) in [6, 6.07) is 10.7. The van der Waals surface area contributed by atoms with E-state index in [4.69, 9.17) is 9.47 Å². The van der Waals surface area contributed by atoms with Gasteiger partial charge in [-0.2, -0.15) is 11.8 Å². The summed E-state index contributed by atoms with van der Waals surface area (Å²) < 4.78 is 11.2. The Labute approximate surface area is 359 Å². The van der Waals surface area contributed by atoms with Gasteiger partial charge in [0, 0.05) is 80.1 Å². The average molecular weight is 851 g/mol. The molecule has 1 aromatic heterocycles. The van der Waals surface area contributed by atoms with Gasteiger partial charge in [0.15, 0.2) is 0 Å². The van der Waals surface area contributed by atoms with Crippen LogP contribution in [0.5, 0.6) is 11.6 Å². The van der Waals surface area contributed by atoms with Crippen LogP contribution in [-0.2, 0) is 25.7 Å². The molecule has 0 unspecified atom stereocenters. The van der Waals surface area contributed by atoms with Crippen molar-refractivity contribution in [3.05, 3.63) is 53.2 Å². The molecule has 330 valence electrons. The number of alkyl carbamates (subject to hydrolysis) is 1. The largest absolute Gasteiger partial charge is 0.444 e. The molecule has 2 aliphatic heterocycles. The number of Topliss-reactive ketones (excluding diaryl/α,β-unsaturated/α-hetero) is 2. The molecule has 0 aliphatic carbocycles. The fourth-order valence-corrected chi connectivity index (χ4v) is 8.77. The van der Waals surface area contributed by atoms with E-state index in [2.05, 4.69) is 31.6 Å². The van der Waals surface area contributed by atoms with Gasteiger partial charge in [-0.1, -0.05) is 31.7 Å². The number of hydrogen-bond donors (Lipinski definition) is 5. The predicted octanol–water partition coefficient (Wildman–Crippen LogP) is 7.60. The zero-order valence-electron chi connectivity index (χ0n) is 36.0. The van der Waals surface area contributed by atoms with Crippen LogP contribution in [0.25, 0.3) is 0 Å². The lowest BCUT2D eigenvalue weighted by molar-refractivity contribution is -0.121. The van der Waals surface area contributed by atoms with E-state index in [0.717, 1.165) is 75.5 Å². The number of unbranched alkanes of at least 4 members (excludes halogenated alkanes) is 6. The summed E-state index contributed by atoms with van der Waals surface area (Å²) in [6.45, 7) is 8.43. The first-order chi connectivity index (χ1) is 28.7. The molecule has 3 heterocycles. The Morgan fingerprint density at radius 1 is 0.783 bits per heavy atom. The Hall–Kier alpha value is -4.66. The van der Waals surface area contributed by atoms with Crippen molar-refractivity contribution < 1.29 is 38.2 Å². The van der Waals surface area contributed by atoms with E-state index in [1.807, 2.05) is 24.8 Å². The summed E-state index contributed by atoms with van der Waals surface area (Å²) in [5, 5.41) is 15.0. The van der Waals surface area contributed by atoms with Gasteiger partial charge in [0.05, 0.1) is 12.1 Å². The van der Waals surface area contributed by atoms with Crippen molar-refractivity contribution in [1.29, 1.82) is 0 Å². The Balaban J connectivity index is 0.952. The summed E-state index contributed by atoms with van der Waals surface area (Å²) in [5.74, 6) is 1.99. The normalized spacial score (nSPS) is 16.9. The minimum absolute atomic E-state index is 0.0478. The quantitative estimate of drug-likeness (QED) is 0.0442. The average Bonchev–Trinajstić information content (AvgIpc) is 3.75. The highest BCUT2D eigenvalue weighted by atomic mass is 32.2. The number of nitrogens with zero attached hydrogens (tertiary/aromatic N) is 1. The van der Waals surface area contributed by atoms with Crippen molar-refractivity contribution in [2.24, 2.45) is 0 Å². The molecule has 14 nitrogen and oxygen atoms in total. The first kappa shape index (κ1) is 48.0. The molecule has 2 aromatic rings. The molecule has 60 heavy (non-hydrogen) atoms. The van der Waals surface area contributed by atoms with Crippen molar-refractivity contribution in [2.75, 3.05) is 18.8 Å². The van der Waals surface area contributed by atoms with E-state index in [-0.39, 0.29) is 42.3 Å². The molecule has 0 spiro atoms. The molecule has 2 aliphatic rings. The summed E-state index contributed by atoms with van der Waals surface area (Å²) in [7, 11) is 0. The third kappa shape index (κ3) is 18.7. The minimum atomic E-state index is -0.599. The maximum Gasteiger partial charge on any atom is 0.407 e. The van der Waals surface area contributed by atoms with Crippen molar-refractivity contribution in [1.82, 2.24) is 31.6 Å². The van der Waals surface area contributed by atoms with Crippen molar-refractivity contribution >= 4 is 47.3 Å². The maximum atomic E-state index is 12.8. The second kappa shape index (κ2) is 25.2. The molecule has 3 atom stereocenters. The molecular weight excluding hydrogens is 785 g/mol. The van der Waals surface area contributed by atoms with E-state index in [1.165, 1.54) is 0 Å². The molecule has 0 saturated carbocycles. The zero-order chi connectivity index (χ0) is 43.3. The third-order valence-corrected chi connectivity index (χ3v) is 11.8. The molecule has 4 rings (SSSR count). The number of ketones is 2. The number of benzene rings is 1. The van der Waals surface area contributed by atoms with Crippen LogP contribution >= 0.6 is 11.8 Å². The Morgan fingerprint density at radius 3 is 2.18 bits per heavy atom. The number of aryl methyl sites for hydroxylation is 1. The smallest absolute Gasteiger partial charge is 0.407 e. The number of ether oxygens (including phenoxy) is 2. The van der Waals surface area contributed by atoms with Crippen LogP contribution in [-0.4, -0.2) is 82.3 Å². The number of thioether (sulfide) groups is 1. The Bertz CT molecular complexity index is 1750. The first-order valence-electron chi connectivity index (χ1n) is 21.7. The molecular formula is C45H66N6O8S. The summed E-state index contributed by atoms with van der Waals surface area (Å²) in [6.07, 6.45) is 11.6. The zero-order valence-corrected chi connectivity index (χ0v) is 36.8. The van der Waals surface area contributed by atoms with Gasteiger partial charge >= 0.3 is 12.1 Å². The lowest BCUT2D eigenvalue weighted by Gasteiger charge is -2.19. The second-order valence-corrected chi connectivity index (χ2v) is 18.1. The molecule has 2 fully saturated rings. The molecule has 0 radical (unpaired) electrons. The van der Waals surface area contributed by atoms with Gasteiger partial charge in [-0.15, -0.1) is 0 Å². The summed E-state index contributed by atoms with van der Waals surface area (Å²) in [5.41, 5.74) is 1.31. The van der Waals surface area contributed by atoms with Gasteiger partial charge in [-0.05, 0) is 102 Å². The van der Waals surface area contributed by atoms with E-state index >= 15 is 0 Å². The fourth-order valence-electron chi connectivity index (χ4n) is 7.22. The van der Waals surface area contributed by atoms with Gasteiger partial charge in [0.2, 0.25) is 11.8 Å². The van der Waals surface area contributed by atoms with E-state index < -0.39 is 11.7 Å². The number of amides is 5. The van der Waals surface area contributed by atoms with Crippen LogP contribution in [0.15, 0.2) is 36.4 Å². The molecule has 0 bridgehead atoms. The van der Waals surface area contributed by atoms with Crippen LogP contribution in [0.2, 0.25) is 0 Å². The number of aromatic nitrogens is 1. The molecule has 5 amide bonds. The predicted molar refractivity (Wildman–Crippen MR) is 233 cm³/mol. The molecule has 5 N–H and O–H groups in total. The number of nitrogens with one attached hydrogen (secondary N) is 5. The number of carbonyl (C=O) groups excluding carboxylic acids is 6. The van der Waals surface area contributed by atoms with Crippen LogP contribution in [0.1, 0.15) is 145 Å². The number of carbonyl (C=O) groups is 6. The minimum Gasteiger partial charge on any atom is -0.444 e. The summed E-state index contributed by atoms with van der Waals surface area (Å²) >= 11 is 1.91. The van der Waals surface area contributed by atoms with Crippen LogP contribution in [0.4, 0.5) is 9.59 Å². The monoisotopic (exact) mass is 850 g/mol. The molecule has 15 heteroatoms. The Morgan fingerprint density at radius 2 is 1.45 bits per heavy atom. The Kier molecular flexibility index (Phi) is 20.2. The first-order valence-corrected chi connectivity index (χ1v) is 22.8. The molecule has 1 aromatic carbocycles. The highest BCUT2D eigenvalue weighted by Crippen LogP contribution is 2.33. The SMILES string of the molecule is Cc1cc(CNC(=O)OC(C)(C)C)cc(Oc2cccc(C(=O)NCCCC(=O)CCCCCNC(=O)CCCCCCC(=O)CCCC[C@@H]3SC[C@@H]4NC(=O)N[C@@H]43)c2)n1. The van der Waals surface area contributed by atoms with Crippen LogP contribution in [0, 0.1) is 6.92 Å². The lowest BCUT2D eigenvalue weighted by atomic mass is 10.0. The molecule has 2 saturated heterocycles. The number of hydrogen-bond acceptors (Lipinski definition) is 10. The van der Waals surface area contributed by atoms with E-state index in [9.17, 15) is 28.8 Å². The second-order valence-electron chi connectivity index (χ2n) is 16.8.